The molecule has 3 heterocycles. The van der Waals surface area contributed by atoms with Gasteiger partial charge in [0.2, 0.25) is 0 Å². The van der Waals surface area contributed by atoms with Crippen LogP contribution in [0.15, 0.2) is 29.8 Å². The van der Waals surface area contributed by atoms with E-state index in [0.717, 1.165) is 25.5 Å². The van der Waals surface area contributed by atoms with E-state index >= 15 is 0 Å². The zero-order valence-electron chi connectivity index (χ0n) is 10.1. The van der Waals surface area contributed by atoms with Crippen molar-refractivity contribution in [2.75, 3.05) is 12.0 Å². The smallest absolute Gasteiger partial charge is 0.140 e. The normalized spacial score (nSPS) is 15.4. The number of hydrazine groups is 1. The minimum Gasteiger partial charge on any atom is -0.308 e. The fourth-order valence-corrected chi connectivity index (χ4v) is 3.24. The van der Waals surface area contributed by atoms with Gasteiger partial charge in [-0.15, -0.1) is 11.3 Å². The van der Waals surface area contributed by atoms with Gasteiger partial charge in [-0.05, 0) is 41.1 Å². The van der Waals surface area contributed by atoms with E-state index in [-0.39, 0.29) is 0 Å². The molecule has 0 aliphatic carbocycles. The standard InChI is InChI=1S/C13H16N4S/c14-16-13-7-10(1-4-15-13)8-17-5-2-12-11(9-17)3-6-18-12/h1,3-4,6-7H,2,5,8-9,14H2,(H,15,16). The zero-order valence-corrected chi connectivity index (χ0v) is 10.9. The largest absolute Gasteiger partial charge is 0.308 e. The Bertz CT molecular complexity index is 537. The van der Waals surface area contributed by atoms with E-state index in [0.29, 0.717) is 0 Å². The Hall–Kier alpha value is -1.43. The first-order valence-corrected chi connectivity index (χ1v) is 6.92. The minimum atomic E-state index is 0.723. The Labute approximate surface area is 110 Å². The van der Waals surface area contributed by atoms with Gasteiger partial charge in [0.15, 0.2) is 0 Å². The van der Waals surface area contributed by atoms with E-state index in [1.807, 2.05) is 23.5 Å². The van der Waals surface area contributed by atoms with Crippen LogP contribution in [0.5, 0.6) is 0 Å². The van der Waals surface area contributed by atoms with Gasteiger partial charge in [-0.1, -0.05) is 0 Å². The number of fused-ring (bicyclic) bond motifs is 1. The van der Waals surface area contributed by atoms with Crippen LogP contribution in [-0.4, -0.2) is 16.4 Å². The van der Waals surface area contributed by atoms with Crippen LogP contribution in [-0.2, 0) is 19.5 Å². The zero-order chi connectivity index (χ0) is 12.4. The Morgan fingerprint density at radius 1 is 1.44 bits per heavy atom. The van der Waals surface area contributed by atoms with Gasteiger partial charge in [0, 0.05) is 30.7 Å². The van der Waals surface area contributed by atoms with E-state index in [1.54, 1.807) is 11.1 Å². The maximum atomic E-state index is 5.38. The third-order valence-corrected chi connectivity index (χ3v) is 4.29. The highest BCUT2D eigenvalue weighted by atomic mass is 32.1. The summed E-state index contributed by atoms with van der Waals surface area (Å²) >= 11 is 1.88. The maximum absolute atomic E-state index is 5.38. The lowest BCUT2D eigenvalue weighted by molar-refractivity contribution is 0.247. The number of rotatable bonds is 3. The van der Waals surface area contributed by atoms with Crippen molar-refractivity contribution >= 4 is 17.2 Å². The van der Waals surface area contributed by atoms with Gasteiger partial charge in [0.05, 0.1) is 0 Å². The fourth-order valence-electron chi connectivity index (χ4n) is 2.35. The number of hydrogen-bond donors (Lipinski definition) is 2. The van der Waals surface area contributed by atoms with Gasteiger partial charge in [-0.3, -0.25) is 4.90 Å². The summed E-state index contributed by atoms with van der Waals surface area (Å²) in [5.74, 6) is 6.10. The summed E-state index contributed by atoms with van der Waals surface area (Å²) in [5, 5.41) is 2.19. The predicted octanol–water partition coefficient (Wildman–Crippen LogP) is 1.99. The Kier molecular flexibility index (Phi) is 3.27. The third kappa shape index (κ3) is 2.38. The molecule has 1 aliphatic heterocycles. The molecule has 0 radical (unpaired) electrons. The highest BCUT2D eigenvalue weighted by molar-refractivity contribution is 7.10. The molecule has 4 nitrogen and oxygen atoms in total. The highest BCUT2D eigenvalue weighted by Gasteiger charge is 2.17. The Balaban J connectivity index is 1.70. The minimum absolute atomic E-state index is 0.723. The van der Waals surface area contributed by atoms with Crippen molar-refractivity contribution in [3.05, 3.63) is 45.8 Å². The molecule has 0 amide bonds. The second-order valence-electron chi connectivity index (χ2n) is 4.52. The molecule has 0 unspecified atom stereocenters. The van der Waals surface area contributed by atoms with Gasteiger partial charge in [0.25, 0.3) is 0 Å². The second kappa shape index (κ2) is 5.06. The van der Waals surface area contributed by atoms with Crippen molar-refractivity contribution in [2.24, 2.45) is 5.84 Å². The second-order valence-corrected chi connectivity index (χ2v) is 5.52. The van der Waals surface area contributed by atoms with Crippen LogP contribution in [0.2, 0.25) is 0 Å². The van der Waals surface area contributed by atoms with Gasteiger partial charge in [-0.25, -0.2) is 10.8 Å². The van der Waals surface area contributed by atoms with E-state index in [9.17, 15) is 0 Å². The Morgan fingerprint density at radius 2 is 2.39 bits per heavy atom. The number of aromatic nitrogens is 1. The molecule has 0 atom stereocenters. The summed E-state index contributed by atoms with van der Waals surface area (Å²) in [5.41, 5.74) is 5.32. The molecule has 18 heavy (non-hydrogen) atoms. The SMILES string of the molecule is NNc1cc(CN2CCc3sccc3C2)ccn1. The molecule has 0 saturated carbocycles. The fraction of sp³-hybridized carbons (Fsp3) is 0.308. The Morgan fingerprint density at radius 3 is 3.28 bits per heavy atom. The molecular weight excluding hydrogens is 244 g/mol. The van der Waals surface area contributed by atoms with Crippen LogP contribution in [0.1, 0.15) is 16.0 Å². The number of nitrogens with zero attached hydrogens (tertiary/aromatic N) is 2. The molecule has 2 aromatic heterocycles. The van der Waals surface area contributed by atoms with Gasteiger partial charge in [0.1, 0.15) is 5.82 Å². The molecular formula is C13H16N4S. The lowest BCUT2D eigenvalue weighted by atomic mass is 10.1. The summed E-state index contributed by atoms with van der Waals surface area (Å²) < 4.78 is 0. The van der Waals surface area contributed by atoms with Crippen molar-refractivity contribution in [1.82, 2.24) is 9.88 Å². The molecule has 0 saturated heterocycles. The molecule has 2 aromatic rings. The van der Waals surface area contributed by atoms with Crippen LogP contribution in [0.4, 0.5) is 5.82 Å². The number of anilines is 1. The van der Waals surface area contributed by atoms with Crippen molar-refractivity contribution < 1.29 is 0 Å². The number of nitrogens with two attached hydrogens (primary N) is 1. The lowest BCUT2D eigenvalue weighted by Crippen LogP contribution is -2.29. The first-order chi connectivity index (χ1) is 8.85. The van der Waals surface area contributed by atoms with E-state index in [2.05, 4.69) is 26.8 Å². The molecule has 94 valence electrons. The van der Waals surface area contributed by atoms with Crippen LogP contribution in [0.25, 0.3) is 0 Å². The molecule has 0 fully saturated rings. The molecule has 0 spiro atoms. The summed E-state index contributed by atoms with van der Waals surface area (Å²) in [4.78, 5) is 8.14. The number of pyridine rings is 1. The number of nitrogen functional groups attached to an aromatic ring is 1. The topological polar surface area (TPSA) is 54.2 Å². The molecule has 3 N–H and O–H groups in total. The van der Waals surface area contributed by atoms with Crippen molar-refractivity contribution in [2.45, 2.75) is 19.5 Å². The van der Waals surface area contributed by atoms with Crippen molar-refractivity contribution in [1.29, 1.82) is 0 Å². The highest BCUT2D eigenvalue weighted by Crippen LogP contribution is 2.25. The average Bonchev–Trinajstić information content (AvgIpc) is 2.86. The number of hydrogen-bond acceptors (Lipinski definition) is 5. The van der Waals surface area contributed by atoms with Gasteiger partial charge in [-0.2, -0.15) is 0 Å². The van der Waals surface area contributed by atoms with E-state index in [1.165, 1.54) is 17.5 Å². The van der Waals surface area contributed by atoms with E-state index < -0.39 is 0 Å². The molecule has 0 aromatic carbocycles. The van der Waals surface area contributed by atoms with Crippen LogP contribution in [0.3, 0.4) is 0 Å². The molecule has 0 bridgehead atoms. The summed E-state index contributed by atoms with van der Waals surface area (Å²) in [6.45, 7) is 3.13. The van der Waals surface area contributed by atoms with Gasteiger partial charge < -0.3 is 5.43 Å². The van der Waals surface area contributed by atoms with Crippen molar-refractivity contribution in [3.8, 4) is 0 Å². The van der Waals surface area contributed by atoms with Crippen molar-refractivity contribution in [3.63, 3.8) is 0 Å². The summed E-state index contributed by atoms with van der Waals surface area (Å²) in [7, 11) is 0. The molecule has 5 heteroatoms. The summed E-state index contributed by atoms with van der Waals surface area (Å²) in [6.07, 6.45) is 2.96. The number of nitrogens with one attached hydrogen (secondary N) is 1. The quantitative estimate of drug-likeness (QED) is 0.654. The average molecular weight is 260 g/mol. The first kappa shape index (κ1) is 11.6. The van der Waals surface area contributed by atoms with Crippen LogP contribution >= 0.6 is 11.3 Å². The van der Waals surface area contributed by atoms with Crippen LogP contribution in [0, 0.1) is 0 Å². The lowest BCUT2D eigenvalue weighted by Gasteiger charge is -2.26. The first-order valence-electron chi connectivity index (χ1n) is 6.04. The van der Waals surface area contributed by atoms with E-state index in [4.69, 9.17) is 5.84 Å². The number of thiophene rings is 1. The van der Waals surface area contributed by atoms with Crippen LogP contribution < -0.4 is 11.3 Å². The third-order valence-electron chi connectivity index (χ3n) is 3.27. The molecule has 1 aliphatic rings. The van der Waals surface area contributed by atoms with Gasteiger partial charge >= 0.3 is 0 Å². The summed E-state index contributed by atoms with van der Waals surface area (Å²) in [6, 6.07) is 6.29. The monoisotopic (exact) mass is 260 g/mol. The molecule has 3 rings (SSSR count). The predicted molar refractivity (Wildman–Crippen MR) is 74.2 cm³/mol. The maximum Gasteiger partial charge on any atom is 0.140 e.